The topological polar surface area (TPSA) is 78.9 Å². The van der Waals surface area contributed by atoms with Crippen LogP contribution in [0.2, 0.25) is 0 Å². The van der Waals surface area contributed by atoms with E-state index in [0.29, 0.717) is 22.5 Å². The minimum Gasteiger partial charge on any atom is -0.397 e. The summed E-state index contributed by atoms with van der Waals surface area (Å²) in [5, 5.41) is 11.5. The lowest BCUT2D eigenvalue weighted by atomic mass is 10.1. The van der Waals surface area contributed by atoms with Gasteiger partial charge in [-0.2, -0.15) is 5.26 Å². The third-order valence-corrected chi connectivity index (χ3v) is 3.36. The van der Waals surface area contributed by atoms with Crippen molar-refractivity contribution in [2.75, 3.05) is 11.1 Å². The van der Waals surface area contributed by atoms with Crippen LogP contribution in [-0.4, -0.2) is 5.91 Å². The van der Waals surface area contributed by atoms with E-state index < -0.39 is 0 Å². The molecule has 0 heterocycles. The Kier molecular flexibility index (Phi) is 4.06. The molecule has 0 aliphatic rings. The second kappa shape index (κ2) is 5.76. The zero-order chi connectivity index (χ0) is 14.7. The zero-order valence-corrected chi connectivity index (χ0v) is 12.4. The maximum Gasteiger partial charge on any atom is 0.255 e. The van der Waals surface area contributed by atoms with Crippen LogP contribution in [0.3, 0.4) is 0 Å². The molecule has 5 heteroatoms. The zero-order valence-electron chi connectivity index (χ0n) is 10.8. The molecule has 0 aliphatic heterocycles. The first-order chi connectivity index (χ1) is 9.51. The van der Waals surface area contributed by atoms with Crippen LogP contribution in [0.5, 0.6) is 0 Å². The Morgan fingerprint density at radius 3 is 2.65 bits per heavy atom. The molecule has 0 saturated carbocycles. The number of hydrogen-bond donors (Lipinski definition) is 2. The van der Waals surface area contributed by atoms with Crippen molar-refractivity contribution >= 4 is 33.2 Å². The lowest BCUT2D eigenvalue weighted by Crippen LogP contribution is -2.14. The lowest BCUT2D eigenvalue weighted by Gasteiger charge is -2.10. The van der Waals surface area contributed by atoms with E-state index in [1.807, 2.05) is 25.1 Å². The van der Waals surface area contributed by atoms with E-state index in [1.165, 1.54) is 6.07 Å². The highest BCUT2D eigenvalue weighted by atomic mass is 79.9. The Hall–Kier alpha value is -2.32. The molecule has 1 amide bonds. The van der Waals surface area contributed by atoms with Crippen LogP contribution in [-0.2, 0) is 0 Å². The highest BCUT2D eigenvalue weighted by molar-refractivity contribution is 9.10. The van der Waals surface area contributed by atoms with Crippen LogP contribution in [0.4, 0.5) is 11.4 Å². The second-order valence-electron chi connectivity index (χ2n) is 4.33. The summed E-state index contributed by atoms with van der Waals surface area (Å²) in [5.74, 6) is -0.230. The second-order valence-corrected chi connectivity index (χ2v) is 5.24. The maximum atomic E-state index is 12.2. The Balaban J connectivity index is 2.26. The third kappa shape index (κ3) is 2.98. The van der Waals surface area contributed by atoms with E-state index in [2.05, 4.69) is 21.2 Å². The number of aryl methyl sites for hydroxylation is 1. The highest BCUT2D eigenvalue weighted by Gasteiger charge is 2.11. The molecule has 4 nitrogen and oxygen atoms in total. The quantitative estimate of drug-likeness (QED) is 0.828. The number of nitrogens with two attached hydrogens (primary N) is 1. The number of amides is 1. The normalized spacial score (nSPS) is 9.85. The van der Waals surface area contributed by atoms with Gasteiger partial charge in [0.2, 0.25) is 0 Å². The molecule has 0 aliphatic carbocycles. The molecule has 0 saturated heterocycles. The van der Waals surface area contributed by atoms with Gasteiger partial charge in [-0.25, -0.2) is 0 Å². The van der Waals surface area contributed by atoms with E-state index in [9.17, 15) is 4.79 Å². The molecular weight excluding hydrogens is 318 g/mol. The Morgan fingerprint density at radius 1 is 1.30 bits per heavy atom. The van der Waals surface area contributed by atoms with E-state index in [0.717, 1.165) is 10.0 Å². The van der Waals surface area contributed by atoms with Gasteiger partial charge >= 0.3 is 0 Å². The Morgan fingerprint density at radius 2 is 2.05 bits per heavy atom. The summed E-state index contributed by atoms with van der Waals surface area (Å²) in [6.07, 6.45) is 0. The summed E-state index contributed by atoms with van der Waals surface area (Å²) in [4.78, 5) is 12.2. The van der Waals surface area contributed by atoms with Gasteiger partial charge in [0, 0.05) is 10.0 Å². The summed E-state index contributed by atoms with van der Waals surface area (Å²) < 4.78 is 0.921. The van der Waals surface area contributed by atoms with Crippen LogP contribution in [0.15, 0.2) is 40.9 Å². The molecular formula is C15H12BrN3O. The fourth-order valence-corrected chi connectivity index (χ4v) is 2.29. The number of benzene rings is 2. The summed E-state index contributed by atoms with van der Waals surface area (Å²) in [6, 6.07) is 12.2. The van der Waals surface area contributed by atoms with Crippen molar-refractivity contribution in [3.63, 3.8) is 0 Å². The molecule has 3 N–H and O–H groups in total. The molecule has 20 heavy (non-hydrogen) atoms. The molecule has 0 fully saturated rings. The first kappa shape index (κ1) is 14.1. The SMILES string of the molecule is Cc1cc(Br)ccc1C(=O)Nc1ccc(C#N)cc1N. The monoisotopic (exact) mass is 329 g/mol. The molecule has 0 atom stereocenters. The predicted molar refractivity (Wildman–Crippen MR) is 82.4 cm³/mol. The summed E-state index contributed by atoms with van der Waals surface area (Å²) in [5.41, 5.74) is 8.58. The maximum absolute atomic E-state index is 12.2. The number of halogens is 1. The average molecular weight is 330 g/mol. The number of hydrogen-bond acceptors (Lipinski definition) is 3. The van der Waals surface area contributed by atoms with E-state index >= 15 is 0 Å². The lowest BCUT2D eigenvalue weighted by molar-refractivity contribution is 0.102. The van der Waals surface area contributed by atoms with Gasteiger partial charge < -0.3 is 11.1 Å². The minimum absolute atomic E-state index is 0.230. The number of nitrogens with one attached hydrogen (secondary N) is 1. The fraction of sp³-hybridized carbons (Fsp3) is 0.0667. The van der Waals surface area contributed by atoms with Crippen molar-refractivity contribution in [1.82, 2.24) is 0 Å². The number of anilines is 2. The van der Waals surface area contributed by atoms with Gasteiger partial charge in [0.15, 0.2) is 0 Å². The first-order valence-corrected chi connectivity index (χ1v) is 6.67. The van der Waals surface area contributed by atoms with Crippen molar-refractivity contribution in [3.05, 3.63) is 57.6 Å². The smallest absolute Gasteiger partial charge is 0.255 e. The highest BCUT2D eigenvalue weighted by Crippen LogP contribution is 2.22. The van der Waals surface area contributed by atoms with E-state index in [-0.39, 0.29) is 5.91 Å². The molecule has 0 radical (unpaired) electrons. The van der Waals surface area contributed by atoms with Crippen LogP contribution >= 0.6 is 15.9 Å². The third-order valence-electron chi connectivity index (χ3n) is 2.86. The van der Waals surface area contributed by atoms with Crippen molar-refractivity contribution in [1.29, 1.82) is 5.26 Å². The number of carbonyl (C=O) groups excluding carboxylic acids is 1. The number of rotatable bonds is 2. The summed E-state index contributed by atoms with van der Waals surface area (Å²) >= 11 is 3.36. The molecule has 0 aromatic heterocycles. The summed E-state index contributed by atoms with van der Waals surface area (Å²) in [6.45, 7) is 1.86. The number of nitrogens with zero attached hydrogens (tertiary/aromatic N) is 1. The van der Waals surface area contributed by atoms with Gasteiger partial charge in [0.05, 0.1) is 23.0 Å². The van der Waals surface area contributed by atoms with Crippen molar-refractivity contribution in [2.45, 2.75) is 6.92 Å². The van der Waals surface area contributed by atoms with Gasteiger partial charge in [-0.15, -0.1) is 0 Å². The van der Waals surface area contributed by atoms with Crippen LogP contribution in [0.25, 0.3) is 0 Å². The number of nitriles is 1. The van der Waals surface area contributed by atoms with Crippen LogP contribution < -0.4 is 11.1 Å². The molecule has 100 valence electrons. The molecule has 2 rings (SSSR count). The number of nitrogen functional groups attached to an aromatic ring is 1. The molecule has 0 unspecified atom stereocenters. The Bertz CT molecular complexity index is 720. The molecule has 2 aromatic rings. The standard InChI is InChI=1S/C15H12BrN3O/c1-9-6-11(16)3-4-12(9)15(20)19-14-5-2-10(8-17)7-13(14)18/h2-7H,18H2,1H3,(H,19,20). The Labute approximate surface area is 125 Å². The predicted octanol–water partition coefficient (Wildman–Crippen LogP) is 3.46. The van der Waals surface area contributed by atoms with Crippen molar-refractivity contribution in [2.24, 2.45) is 0 Å². The summed E-state index contributed by atoms with van der Waals surface area (Å²) in [7, 11) is 0. The van der Waals surface area contributed by atoms with Crippen LogP contribution in [0.1, 0.15) is 21.5 Å². The van der Waals surface area contributed by atoms with Crippen LogP contribution in [0, 0.1) is 18.3 Å². The van der Waals surface area contributed by atoms with Gasteiger partial charge in [0.1, 0.15) is 0 Å². The molecule has 2 aromatic carbocycles. The van der Waals surface area contributed by atoms with Gasteiger partial charge in [0.25, 0.3) is 5.91 Å². The van der Waals surface area contributed by atoms with Gasteiger partial charge in [-0.3, -0.25) is 4.79 Å². The molecule has 0 spiro atoms. The average Bonchev–Trinajstić information content (AvgIpc) is 2.40. The first-order valence-electron chi connectivity index (χ1n) is 5.88. The van der Waals surface area contributed by atoms with Crippen molar-refractivity contribution < 1.29 is 4.79 Å². The van der Waals surface area contributed by atoms with Gasteiger partial charge in [-0.05, 0) is 48.9 Å². The molecule has 0 bridgehead atoms. The van der Waals surface area contributed by atoms with Gasteiger partial charge in [-0.1, -0.05) is 15.9 Å². The fourth-order valence-electron chi connectivity index (χ4n) is 1.82. The van der Waals surface area contributed by atoms with Crippen molar-refractivity contribution in [3.8, 4) is 6.07 Å². The van der Waals surface area contributed by atoms with E-state index in [1.54, 1.807) is 18.2 Å². The van der Waals surface area contributed by atoms with E-state index in [4.69, 9.17) is 11.0 Å². The minimum atomic E-state index is -0.230. The number of carbonyl (C=O) groups is 1. The largest absolute Gasteiger partial charge is 0.397 e.